The minimum absolute atomic E-state index is 0.239. The Kier molecular flexibility index (Phi) is 2.82. The van der Waals surface area contributed by atoms with Crippen LogP contribution in [-0.2, 0) is 14.1 Å². The second kappa shape index (κ2) is 4.02. The Bertz CT molecular complexity index is 697. The van der Waals surface area contributed by atoms with Gasteiger partial charge in [0.25, 0.3) is 5.56 Å². The van der Waals surface area contributed by atoms with Gasteiger partial charge >= 0.3 is 5.69 Å². The van der Waals surface area contributed by atoms with Gasteiger partial charge in [-0.05, 0) is 22.9 Å². The van der Waals surface area contributed by atoms with Crippen molar-refractivity contribution in [3.8, 4) is 0 Å². The van der Waals surface area contributed by atoms with Crippen molar-refractivity contribution in [1.29, 1.82) is 0 Å². The van der Waals surface area contributed by atoms with E-state index in [1.807, 2.05) is 0 Å². The molecule has 0 bridgehead atoms. The Hall–Kier alpha value is -1.57. The highest BCUT2D eigenvalue weighted by molar-refractivity contribution is 9.10. The number of halogens is 1. The van der Waals surface area contributed by atoms with E-state index in [4.69, 9.17) is 4.84 Å². The van der Waals surface area contributed by atoms with Crippen molar-refractivity contribution in [1.82, 2.24) is 18.8 Å². The molecule has 0 spiro atoms. The number of hydrogen-bond donors (Lipinski definition) is 0. The number of aromatic nitrogens is 4. The first kappa shape index (κ1) is 11.9. The minimum atomic E-state index is -0.435. The SMILES string of the molecule is CCOn1c(Br)nc2c1c(=O)n(C)c(=O)n2C. The summed E-state index contributed by atoms with van der Waals surface area (Å²) in [5, 5.41) is 0. The molecule has 2 rings (SSSR count). The second-order valence-corrected chi connectivity index (χ2v) is 4.18. The summed E-state index contributed by atoms with van der Waals surface area (Å²) in [5.41, 5.74) is -0.326. The third-order valence-electron chi connectivity index (χ3n) is 2.44. The molecule has 0 saturated heterocycles. The molecule has 2 aromatic rings. The third-order valence-corrected chi connectivity index (χ3v) is 2.94. The maximum atomic E-state index is 12.0. The average molecular weight is 303 g/mol. The lowest BCUT2D eigenvalue weighted by Gasteiger charge is -2.06. The van der Waals surface area contributed by atoms with Gasteiger partial charge in [0.15, 0.2) is 11.2 Å². The van der Waals surface area contributed by atoms with E-state index in [-0.39, 0.29) is 5.52 Å². The molecule has 0 saturated carbocycles. The van der Waals surface area contributed by atoms with Crippen molar-refractivity contribution in [2.24, 2.45) is 14.1 Å². The van der Waals surface area contributed by atoms with Crippen molar-refractivity contribution >= 4 is 27.1 Å². The van der Waals surface area contributed by atoms with Crippen molar-refractivity contribution in [3.63, 3.8) is 0 Å². The number of aryl methyl sites for hydroxylation is 1. The number of rotatable bonds is 2. The van der Waals surface area contributed by atoms with Crippen LogP contribution in [-0.4, -0.2) is 25.5 Å². The molecule has 0 fully saturated rings. The van der Waals surface area contributed by atoms with Crippen LogP contribution >= 0.6 is 15.9 Å². The van der Waals surface area contributed by atoms with Gasteiger partial charge in [0.05, 0.1) is 0 Å². The maximum absolute atomic E-state index is 12.0. The summed E-state index contributed by atoms with van der Waals surface area (Å²) in [6.07, 6.45) is 0. The van der Waals surface area contributed by atoms with Crippen LogP contribution in [0.2, 0.25) is 0 Å². The van der Waals surface area contributed by atoms with Crippen LogP contribution in [0.15, 0.2) is 14.3 Å². The van der Waals surface area contributed by atoms with Crippen LogP contribution < -0.4 is 16.1 Å². The molecule has 17 heavy (non-hydrogen) atoms. The van der Waals surface area contributed by atoms with Crippen LogP contribution in [0.4, 0.5) is 0 Å². The summed E-state index contributed by atoms with van der Waals surface area (Å²) < 4.78 is 3.97. The van der Waals surface area contributed by atoms with Gasteiger partial charge in [-0.3, -0.25) is 13.9 Å². The zero-order valence-electron chi connectivity index (χ0n) is 9.60. The topological polar surface area (TPSA) is 71.1 Å². The van der Waals surface area contributed by atoms with Crippen LogP contribution in [0.25, 0.3) is 11.2 Å². The molecule has 2 heterocycles. The van der Waals surface area contributed by atoms with Crippen molar-refractivity contribution in [2.45, 2.75) is 6.92 Å². The van der Waals surface area contributed by atoms with Gasteiger partial charge in [0.2, 0.25) is 4.73 Å². The van der Waals surface area contributed by atoms with Gasteiger partial charge in [-0.2, -0.15) is 0 Å². The quantitative estimate of drug-likeness (QED) is 0.711. The summed E-state index contributed by atoms with van der Waals surface area (Å²) in [5.74, 6) is 0. The maximum Gasteiger partial charge on any atom is 0.332 e. The lowest BCUT2D eigenvalue weighted by molar-refractivity contribution is 0.125. The first-order valence-electron chi connectivity index (χ1n) is 4.96. The van der Waals surface area contributed by atoms with E-state index in [1.165, 1.54) is 16.3 Å². The van der Waals surface area contributed by atoms with Gasteiger partial charge < -0.3 is 4.84 Å². The second-order valence-electron chi connectivity index (χ2n) is 3.47. The molecule has 0 aliphatic heterocycles. The van der Waals surface area contributed by atoms with Gasteiger partial charge in [0, 0.05) is 14.1 Å². The Morgan fingerprint density at radius 1 is 1.29 bits per heavy atom. The highest BCUT2D eigenvalue weighted by Gasteiger charge is 2.18. The van der Waals surface area contributed by atoms with E-state index in [9.17, 15) is 9.59 Å². The fourth-order valence-corrected chi connectivity index (χ4v) is 2.04. The fourth-order valence-electron chi connectivity index (χ4n) is 1.59. The average Bonchev–Trinajstić information content (AvgIpc) is 2.62. The van der Waals surface area contributed by atoms with Crippen molar-refractivity contribution in [3.05, 3.63) is 25.6 Å². The molecule has 0 unspecified atom stereocenters. The zero-order chi connectivity index (χ0) is 12.7. The monoisotopic (exact) mass is 302 g/mol. The highest BCUT2D eigenvalue weighted by Crippen LogP contribution is 2.14. The highest BCUT2D eigenvalue weighted by atomic mass is 79.9. The normalized spacial score (nSPS) is 11.1. The molecule has 0 radical (unpaired) electrons. The Morgan fingerprint density at radius 3 is 2.53 bits per heavy atom. The molecule has 8 heteroatoms. The fraction of sp³-hybridized carbons (Fsp3) is 0.444. The van der Waals surface area contributed by atoms with Gasteiger partial charge in [0.1, 0.15) is 6.61 Å². The molecule has 0 aliphatic carbocycles. The first-order chi connectivity index (χ1) is 7.99. The lowest BCUT2D eigenvalue weighted by Crippen LogP contribution is -2.38. The largest absolute Gasteiger partial charge is 0.411 e. The molecule has 0 aliphatic rings. The summed E-state index contributed by atoms with van der Waals surface area (Å²) in [6, 6.07) is 0. The van der Waals surface area contributed by atoms with Crippen LogP contribution in [0, 0.1) is 0 Å². The Balaban J connectivity index is 3.02. The summed E-state index contributed by atoms with van der Waals surface area (Å²) in [7, 11) is 2.97. The summed E-state index contributed by atoms with van der Waals surface area (Å²) in [6.45, 7) is 2.18. The third kappa shape index (κ3) is 1.59. The van der Waals surface area contributed by atoms with E-state index in [0.29, 0.717) is 17.0 Å². The molecular formula is C9H11BrN4O3. The van der Waals surface area contributed by atoms with E-state index in [1.54, 1.807) is 14.0 Å². The van der Waals surface area contributed by atoms with Gasteiger partial charge in [-0.15, -0.1) is 4.73 Å². The van der Waals surface area contributed by atoms with Gasteiger partial charge in [-0.1, -0.05) is 0 Å². The van der Waals surface area contributed by atoms with Crippen molar-refractivity contribution < 1.29 is 4.84 Å². The molecule has 0 aromatic carbocycles. The van der Waals surface area contributed by atoms with E-state index in [0.717, 1.165) is 4.57 Å². The lowest BCUT2D eigenvalue weighted by atomic mass is 10.5. The standard InChI is InChI=1S/C9H11BrN4O3/c1-4-17-14-5-6(11-8(14)10)12(2)9(16)13(3)7(5)15/h4H2,1-3H3. The van der Waals surface area contributed by atoms with E-state index < -0.39 is 11.2 Å². The smallest absolute Gasteiger partial charge is 0.332 e. The van der Waals surface area contributed by atoms with E-state index >= 15 is 0 Å². The molecule has 0 atom stereocenters. The number of fused-ring (bicyclic) bond motifs is 1. The predicted octanol–water partition coefficient (Wildman–Crippen LogP) is -0.355. The van der Waals surface area contributed by atoms with Crippen LogP contribution in [0.3, 0.4) is 0 Å². The molecule has 2 aromatic heterocycles. The minimum Gasteiger partial charge on any atom is -0.411 e. The predicted molar refractivity (Wildman–Crippen MR) is 65.0 cm³/mol. The Labute approximate surface area is 104 Å². The molecule has 7 nitrogen and oxygen atoms in total. The number of nitrogens with zero attached hydrogens (tertiary/aromatic N) is 4. The number of hydrogen-bond acceptors (Lipinski definition) is 4. The first-order valence-corrected chi connectivity index (χ1v) is 5.75. The summed E-state index contributed by atoms with van der Waals surface area (Å²) in [4.78, 5) is 33.1. The molecule has 0 N–H and O–H groups in total. The zero-order valence-corrected chi connectivity index (χ0v) is 11.2. The summed E-state index contributed by atoms with van der Waals surface area (Å²) >= 11 is 3.19. The number of imidazole rings is 1. The molecule has 92 valence electrons. The van der Waals surface area contributed by atoms with E-state index in [2.05, 4.69) is 20.9 Å². The molecular weight excluding hydrogens is 292 g/mol. The van der Waals surface area contributed by atoms with Gasteiger partial charge in [-0.25, -0.2) is 9.78 Å². The van der Waals surface area contributed by atoms with Crippen LogP contribution in [0.1, 0.15) is 6.92 Å². The molecule has 0 amide bonds. The van der Waals surface area contributed by atoms with Crippen LogP contribution in [0.5, 0.6) is 0 Å². The Morgan fingerprint density at radius 2 is 1.94 bits per heavy atom. The van der Waals surface area contributed by atoms with Crippen molar-refractivity contribution in [2.75, 3.05) is 6.61 Å².